The van der Waals surface area contributed by atoms with Crippen molar-refractivity contribution in [2.45, 2.75) is 26.3 Å². The zero-order valence-electron chi connectivity index (χ0n) is 13.8. The Morgan fingerprint density at radius 1 is 1.12 bits per heavy atom. The molecule has 1 aromatic rings. The highest BCUT2D eigenvalue weighted by Gasteiger charge is 2.18. The van der Waals surface area contributed by atoms with Crippen LogP contribution in [0.1, 0.15) is 31.1 Å². The molecule has 0 aromatic heterocycles. The van der Waals surface area contributed by atoms with E-state index in [9.17, 15) is 14.4 Å². The van der Waals surface area contributed by atoms with Crippen LogP contribution in [-0.2, 0) is 9.53 Å². The van der Waals surface area contributed by atoms with Crippen LogP contribution in [0.5, 0.6) is 11.5 Å². The van der Waals surface area contributed by atoms with Gasteiger partial charge in [0.15, 0.2) is 18.1 Å². The molecule has 8 heteroatoms. The Kier molecular flexibility index (Phi) is 5.28. The highest BCUT2D eigenvalue weighted by molar-refractivity contribution is 5.97. The fraction of sp³-hybridized carbons (Fsp3) is 0.438. The number of imide groups is 1. The van der Waals surface area contributed by atoms with Crippen molar-refractivity contribution < 1.29 is 28.6 Å². The molecule has 3 amide bonds. The van der Waals surface area contributed by atoms with E-state index < -0.39 is 30.1 Å². The Morgan fingerprint density at radius 3 is 2.46 bits per heavy atom. The fourth-order valence-corrected chi connectivity index (χ4v) is 1.92. The van der Waals surface area contributed by atoms with Crippen molar-refractivity contribution in [2.75, 3.05) is 19.8 Å². The van der Waals surface area contributed by atoms with E-state index >= 15 is 0 Å². The normalized spacial score (nSPS) is 13.0. The summed E-state index contributed by atoms with van der Waals surface area (Å²) in [7, 11) is 0. The molecule has 1 aliphatic rings. The Morgan fingerprint density at radius 2 is 1.79 bits per heavy atom. The molecule has 0 spiro atoms. The minimum Gasteiger partial charge on any atom is -0.486 e. The van der Waals surface area contributed by atoms with Gasteiger partial charge in [0.25, 0.3) is 5.91 Å². The molecular formula is C16H20N2O6. The molecule has 0 fully saturated rings. The first kappa shape index (κ1) is 17.6. The summed E-state index contributed by atoms with van der Waals surface area (Å²) in [6, 6.07) is 3.95. The molecule has 24 heavy (non-hydrogen) atoms. The van der Waals surface area contributed by atoms with Crippen molar-refractivity contribution in [1.82, 2.24) is 10.6 Å². The number of ether oxygens (including phenoxy) is 3. The number of carbonyl (C=O) groups is 3. The van der Waals surface area contributed by atoms with E-state index in [1.807, 2.05) is 0 Å². The van der Waals surface area contributed by atoms with Gasteiger partial charge in [0.05, 0.1) is 5.56 Å². The van der Waals surface area contributed by atoms with Crippen LogP contribution in [-0.4, -0.2) is 43.3 Å². The zero-order valence-corrected chi connectivity index (χ0v) is 13.8. The number of urea groups is 1. The first-order valence-corrected chi connectivity index (χ1v) is 7.43. The van der Waals surface area contributed by atoms with Gasteiger partial charge in [-0.15, -0.1) is 0 Å². The molecule has 1 aliphatic heterocycles. The Balaban J connectivity index is 1.84. The molecular weight excluding hydrogens is 316 g/mol. The minimum atomic E-state index is -0.720. The number of carbonyl (C=O) groups excluding carboxylic acids is 3. The van der Waals surface area contributed by atoms with Crippen molar-refractivity contribution in [1.29, 1.82) is 0 Å². The maximum atomic E-state index is 12.0. The number of hydrogen-bond acceptors (Lipinski definition) is 6. The molecule has 0 bridgehead atoms. The number of benzene rings is 1. The third-order valence-electron chi connectivity index (χ3n) is 2.85. The summed E-state index contributed by atoms with van der Waals surface area (Å²) in [4.78, 5) is 35.1. The largest absolute Gasteiger partial charge is 0.486 e. The predicted octanol–water partition coefficient (Wildman–Crippen LogP) is 1.24. The molecule has 8 nitrogen and oxygen atoms in total. The summed E-state index contributed by atoms with van der Waals surface area (Å²) in [5.74, 6) is -0.417. The van der Waals surface area contributed by atoms with Crippen molar-refractivity contribution in [3.8, 4) is 11.5 Å². The third-order valence-corrected chi connectivity index (χ3v) is 2.85. The topological polar surface area (TPSA) is 103 Å². The lowest BCUT2D eigenvalue weighted by molar-refractivity contribution is -0.123. The van der Waals surface area contributed by atoms with E-state index in [1.165, 1.54) is 12.1 Å². The van der Waals surface area contributed by atoms with Gasteiger partial charge in [-0.05, 0) is 39.0 Å². The quantitative estimate of drug-likeness (QED) is 0.805. The summed E-state index contributed by atoms with van der Waals surface area (Å²) in [6.07, 6.45) is 0. The maximum Gasteiger partial charge on any atom is 0.338 e. The van der Waals surface area contributed by atoms with Gasteiger partial charge < -0.3 is 19.5 Å². The minimum absolute atomic E-state index is 0.228. The smallest absolute Gasteiger partial charge is 0.338 e. The molecule has 0 unspecified atom stereocenters. The summed E-state index contributed by atoms with van der Waals surface area (Å²) < 4.78 is 15.6. The highest BCUT2D eigenvalue weighted by atomic mass is 16.6. The second-order valence-electron chi connectivity index (χ2n) is 6.19. The number of fused-ring (bicyclic) bond motifs is 1. The second kappa shape index (κ2) is 7.20. The highest BCUT2D eigenvalue weighted by Crippen LogP contribution is 2.30. The van der Waals surface area contributed by atoms with Crippen molar-refractivity contribution in [2.24, 2.45) is 0 Å². The predicted molar refractivity (Wildman–Crippen MR) is 84.1 cm³/mol. The molecule has 0 radical (unpaired) electrons. The molecule has 130 valence electrons. The van der Waals surface area contributed by atoms with E-state index in [0.717, 1.165) is 0 Å². The van der Waals surface area contributed by atoms with Gasteiger partial charge in [-0.1, -0.05) is 0 Å². The second-order valence-corrected chi connectivity index (χ2v) is 6.19. The van der Waals surface area contributed by atoms with E-state index in [4.69, 9.17) is 14.2 Å². The van der Waals surface area contributed by atoms with Gasteiger partial charge in [0.2, 0.25) is 0 Å². The van der Waals surface area contributed by atoms with Crippen LogP contribution >= 0.6 is 0 Å². The lowest BCUT2D eigenvalue weighted by atomic mass is 10.1. The van der Waals surface area contributed by atoms with Crippen LogP contribution < -0.4 is 20.1 Å². The molecule has 0 aliphatic carbocycles. The monoisotopic (exact) mass is 336 g/mol. The molecule has 1 aromatic carbocycles. The maximum absolute atomic E-state index is 12.0. The molecule has 1 heterocycles. The van der Waals surface area contributed by atoms with E-state index in [0.29, 0.717) is 24.7 Å². The standard InChI is InChI=1S/C16H20N2O6/c1-16(2,3)18-15(21)17-13(19)9-24-14(20)10-4-5-11-12(8-10)23-7-6-22-11/h4-5,8H,6-7,9H2,1-3H3,(H2,17,18,19,21). The fourth-order valence-electron chi connectivity index (χ4n) is 1.92. The van der Waals surface area contributed by atoms with Crippen LogP contribution in [0.4, 0.5) is 4.79 Å². The van der Waals surface area contributed by atoms with Gasteiger partial charge >= 0.3 is 12.0 Å². The third kappa shape index (κ3) is 5.15. The zero-order chi connectivity index (χ0) is 17.7. The van der Waals surface area contributed by atoms with Crippen LogP contribution in [0.25, 0.3) is 0 Å². The number of nitrogens with one attached hydrogen (secondary N) is 2. The van der Waals surface area contributed by atoms with Crippen molar-refractivity contribution >= 4 is 17.9 Å². The number of esters is 1. The average Bonchev–Trinajstić information content (AvgIpc) is 2.50. The number of rotatable bonds is 3. The molecule has 2 N–H and O–H groups in total. The van der Waals surface area contributed by atoms with Crippen LogP contribution in [0.2, 0.25) is 0 Å². The van der Waals surface area contributed by atoms with Crippen molar-refractivity contribution in [3.05, 3.63) is 23.8 Å². The van der Waals surface area contributed by atoms with Crippen LogP contribution in [0.3, 0.4) is 0 Å². The summed E-state index contributed by atoms with van der Waals surface area (Å²) in [6.45, 7) is 5.62. The summed E-state index contributed by atoms with van der Waals surface area (Å²) in [5, 5.41) is 4.64. The molecule has 0 atom stereocenters. The molecule has 2 rings (SSSR count). The lowest BCUT2D eigenvalue weighted by Crippen LogP contribution is -2.49. The van der Waals surface area contributed by atoms with Crippen LogP contribution in [0, 0.1) is 0 Å². The average molecular weight is 336 g/mol. The van der Waals surface area contributed by atoms with Crippen LogP contribution in [0.15, 0.2) is 18.2 Å². The van der Waals surface area contributed by atoms with Gasteiger partial charge in [-0.25, -0.2) is 9.59 Å². The summed E-state index contributed by atoms with van der Waals surface area (Å²) in [5.41, 5.74) is -0.252. The first-order chi connectivity index (χ1) is 11.2. The van der Waals surface area contributed by atoms with Gasteiger partial charge in [0.1, 0.15) is 13.2 Å². The first-order valence-electron chi connectivity index (χ1n) is 7.43. The SMILES string of the molecule is CC(C)(C)NC(=O)NC(=O)COC(=O)c1ccc2c(c1)OCCO2. The Bertz CT molecular complexity index is 650. The number of amides is 3. The van der Waals surface area contributed by atoms with E-state index in [1.54, 1.807) is 26.8 Å². The lowest BCUT2D eigenvalue weighted by Gasteiger charge is -2.20. The Labute approximate surface area is 139 Å². The van der Waals surface area contributed by atoms with Gasteiger partial charge in [-0.2, -0.15) is 0 Å². The van der Waals surface area contributed by atoms with Crippen molar-refractivity contribution in [3.63, 3.8) is 0 Å². The molecule has 0 saturated carbocycles. The number of hydrogen-bond donors (Lipinski definition) is 2. The van der Waals surface area contributed by atoms with Gasteiger partial charge in [0, 0.05) is 5.54 Å². The van der Waals surface area contributed by atoms with E-state index in [2.05, 4.69) is 10.6 Å². The van der Waals surface area contributed by atoms with Gasteiger partial charge in [-0.3, -0.25) is 10.1 Å². The van der Waals surface area contributed by atoms with E-state index in [-0.39, 0.29) is 5.56 Å². The molecule has 0 saturated heterocycles. The summed E-state index contributed by atoms with van der Waals surface area (Å²) >= 11 is 0. The Hall–Kier alpha value is -2.77.